The number of nitrogens with zero attached hydrogens (tertiary/aromatic N) is 2. The summed E-state index contributed by atoms with van der Waals surface area (Å²) in [6.07, 6.45) is 8.50. The number of carbonyl (C=O) groups excluding carboxylic acids is 3. The Bertz CT molecular complexity index is 715. The van der Waals surface area contributed by atoms with Gasteiger partial charge in [0.05, 0.1) is 10.0 Å². The van der Waals surface area contributed by atoms with E-state index in [0.717, 1.165) is 24.0 Å². The van der Waals surface area contributed by atoms with Crippen LogP contribution in [0.1, 0.15) is 142 Å². The van der Waals surface area contributed by atoms with Crippen LogP contribution in [-0.4, -0.2) is 27.3 Å². The molecule has 0 saturated heterocycles. The number of pyridine rings is 2. The van der Waals surface area contributed by atoms with Crippen LogP contribution in [-0.2, 0) is 14.4 Å². The molecule has 7 heteroatoms. The van der Waals surface area contributed by atoms with Crippen LogP contribution < -0.4 is 0 Å². The van der Waals surface area contributed by atoms with Crippen molar-refractivity contribution in [2.45, 2.75) is 144 Å². The molecule has 5 nitrogen and oxygen atoms in total. The molecule has 250 valence electrons. The molecule has 2 aromatic rings. The molecule has 0 fully saturated rings. The van der Waals surface area contributed by atoms with Gasteiger partial charge < -0.3 is 9.59 Å². The summed E-state index contributed by atoms with van der Waals surface area (Å²) in [4.78, 5) is 37.3. The third-order valence-corrected chi connectivity index (χ3v) is 3.51. The fourth-order valence-electron chi connectivity index (χ4n) is 1.39. The average molecular weight is 636 g/mol. The quantitative estimate of drug-likeness (QED) is 0.335. The van der Waals surface area contributed by atoms with E-state index in [1.54, 1.807) is 38.6 Å². The van der Waals surface area contributed by atoms with E-state index >= 15 is 0 Å². The fourth-order valence-corrected chi connectivity index (χ4v) is 1.85. The van der Waals surface area contributed by atoms with Gasteiger partial charge in [-0.3, -0.25) is 14.8 Å². The topological polar surface area (TPSA) is 77.0 Å². The van der Waals surface area contributed by atoms with Gasteiger partial charge in [-0.25, -0.2) is 0 Å². The molecular formula is C35H68Cl2N2O3. The minimum absolute atomic E-state index is 0.167. The van der Waals surface area contributed by atoms with Crippen molar-refractivity contribution in [3.8, 4) is 0 Å². The lowest BCUT2D eigenvalue weighted by Crippen LogP contribution is -1.98. The molecule has 0 aliphatic carbocycles. The number of Topliss-reactive ketones (excluding diaryl/α,β-unsaturated/α-hetero) is 3. The highest BCUT2D eigenvalue weighted by Gasteiger charge is 1.95. The van der Waals surface area contributed by atoms with E-state index < -0.39 is 0 Å². The molecule has 2 heterocycles. The molecule has 0 spiro atoms. The smallest absolute Gasteiger partial charge is 0.132 e. The summed E-state index contributed by atoms with van der Waals surface area (Å²) < 4.78 is 0. The third kappa shape index (κ3) is 83.2. The lowest BCUT2D eigenvalue weighted by atomic mass is 10.1. The molecule has 0 aliphatic rings. The maximum atomic E-state index is 10.1. The number of ketones is 3. The van der Waals surface area contributed by atoms with Crippen LogP contribution in [0.4, 0.5) is 0 Å². The van der Waals surface area contributed by atoms with E-state index in [1.807, 2.05) is 116 Å². The first-order chi connectivity index (χ1) is 19.7. The minimum Gasteiger partial charge on any atom is -0.300 e. The highest BCUT2D eigenvalue weighted by molar-refractivity contribution is 6.30. The van der Waals surface area contributed by atoms with Crippen LogP contribution in [0.5, 0.6) is 0 Å². The molecule has 0 aliphatic heterocycles. The van der Waals surface area contributed by atoms with Gasteiger partial charge in [0.25, 0.3) is 0 Å². The van der Waals surface area contributed by atoms with E-state index in [2.05, 4.69) is 9.97 Å². The van der Waals surface area contributed by atoms with Crippen molar-refractivity contribution in [3.63, 3.8) is 0 Å². The second-order valence-electron chi connectivity index (χ2n) is 7.49. The molecule has 0 atom stereocenters. The Kier molecular flexibility index (Phi) is 77.5. The van der Waals surface area contributed by atoms with Crippen molar-refractivity contribution in [1.29, 1.82) is 0 Å². The first-order valence-electron chi connectivity index (χ1n) is 15.3. The Labute approximate surface area is 272 Å². The molecule has 0 saturated carbocycles. The zero-order valence-corrected chi connectivity index (χ0v) is 32.3. The van der Waals surface area contributed by atoms with Crippen molar-refractivity contribution in [2.24, 2.45) is 5.92 Å². The Morgan fingerprint density at radius 2 is 0.881 bits per heavy atom. The van der Waals surface area contributed by atoms with Gasteiger partial charge in [0.1, 0.15) is 17.3 Å². The van der Waals surface area contributed by atoms with Gasteiger partial charge in [0.15, 0.2) is 0 Å². The average Bonchev–Trinajstić information content (AvgIpc) is 2.95. The molecule has 0 aromatic carbocycles. The predicted molar refractivity (Wildman–Crippen MR) is 192 cm³/mol. The van der Waals surface area contributed by atoms with Crippen molar-refractivity contribution >= 4 is 40.6 Å². The Hall–Kier alpha value is -2.11. The Balaban J connectivity index is -0.0000000540. The number of hydrogen-bond donors (Lipinski definition) is 0. The Morgan fingerprint density at radius 1 is 0.643 bits per heavy atom. The van der Waals surface area contributed by atoms with Crippen molar-refractivity contribution in [3.05, 3.63) is 58.1 Å². The fraction of sp³-hybridized carbons (Fsp3) is 0.629. The van der Waals surface area contributed by atoms with Gasteiger partial charge >= 0.3 is 0 Å². The summed E-state index contributed by atoms with van der Waals surface area (Å²) in [5, 5.41) is 1.40. The highest BCUT2D eigenvalue weighted by Crippen LogP contribution is 2.06. The number of halogens is 2. The van der Waals surface area contributed by atoms with Crippen LogP contribution in [0, 0.1) is 19.8 Å². The van der Waals surface area contributed by atoms with Gasteiger partial charge in [-0.05, 0) is 71.2 Å². The van der Waals surface area contributed by atoms with Crippen LogP contribution >= 0.6 is 23.2 Å². The van der Waals surface area contributed by atoms with Crippen LogP contribution in [0.15, 0.2) is 36.9 Å². The van der Waals surface area contributed by atoms with Gasteiger partial charge in [-0.15, -0.1) is 0 Å². The number of hydrogen-bond acceptors (Lipinski definition) is 5. The third-order valence-electron chi connectivity index (χ3n) is 3.10. The normalized spacial score (nSPS) is 7.38. The monoisotopic (exact) mass is 634 g/mol. The molecule has 0 N–H and O–H groups in total. The van der Waals surface area contributed by atoms with Gasteiger partial charge in [-0.1, -0.05) is 113 Å². The van der Waals surface area contributed by atoms with Crippen molar-refractivity contribution in [1.82, 2.24) is 9.97 Å². The number of aromatic nitrogens is 2. The maximum Gasteiger partial charge on any atom is 0.132 e. The summed E-state index contributed by atoms with van der Waals surface area (Å²) in [6, 6.07) is 3.74. The first kappa shape index (κ1) is 59.3. The second-order valence-corrected chi connectivity index (χ2v) is 8.36. The number of carbonyl (C=O) groups is 3. The molecule has 0 radical (unpaired) electrons. The highest BCUT2D eigenvalue weighted by atomic mass is 35.5. The largest absolute Gasteiger partial charge is 0.300 e. The standard InChI is InChI=1S/2C6H6ClN.2C5H10O.C3H6O.5C2H6/c2*1-5-2-6(7)4-8-3-5;1-4(2)5(3)6;1-3-4-5(2)6;1-3(2)4;5*1-2/h2*2-4H,1H3;4H,1-3H3;3-4H2,1-2H3;1-2H3;5*1-2H3. The van der Waals surface area contributed by atoms with Gasteiger partial charge in [0, 0.05) is 37.1 Å². The van der Waals surface area contributed by atoms with Crippen LogP contribution in [0.25, 0.3) is 0 Å². The molecular weight excluding hydrogens is 567 g/mol. The maximum absolute atomic E-state index is 10.1. The second kappa shape index (κ2) is 54.9. The van der Waals surface area contributed by atoms with E-state index in [0.29, 0.717) is 10.0 Å². The molecule has 2 aromatic heterocycles. The lowest BCUT2D eigenvalue weighted by Gasteiger charge is -1.90. The number of rotatable bonds is 3. The summed E-state index contributed by atoms with van der Waals surface area (Å²) in [5.74, 6) is 0.928. The van der Waals surface area contributed by atoms with Gasteiger partial charge in [0.2, 0.25) is 0 Å². The van der Waals surface area contributed by atoms with E-state index in [-0.39, 0.29) is 23.3 Å². The lowest BCUT2D eigenvalue weighted by molar-refractivity contribution is -0.120. The van der Waals surface area contributed by atoms with E-state index in [1.165, 1.54) is 13.8 Å². The zero-order chi connectivity index (χ0) is 35.7. The van der Waals surface area contributed by atoms with Crippen LogP contribution in [0.2, 0.25) is 10.0 Å². The summed E-state index contributed by atoms with van der Waals surface area (Å²) >= 11 is 11.2. The molecule has 0 bridgehead atoms. The van der Waals surface area contributed by atoms with E-state index in [9.17, 15) is 14.4 Å². The summed E-state index contributed by atoms with van der Waals surface area (Å²) in [5.41, 5.74) is 2.19. The molecule has 0 amide bonds. The molecule has 2 rings (SSSR count). The zero-order valence-electron chi connectivity index (χ0n) is 30.8. The van der Waals surface area contributed by atoms with Crippen molar-refractivity contribution < 1.29 is 14.4 Å². The molecule has 42 heavy (non-hydrogen) atoms. The first-order valence-corrected chi connectivity index (χ1v) is 16.1. The Morgan fingerprint density at radius 3 is 0.952 bits per heavy atom. The van der Waals surface area contributed by atoms with E-state index in [4.69, 9.17) is 23.2 Å². The summed E-state index contributed by atoms with van der Waals surface area (Å²) in [6.45, 7) is 36.0. The minimum atomic E-state index is 0.167. The number of aryl methyl sites for hydroxylation is 2. The summed E-state index contributed by atoms with van der Waals surface area (Å²) in [7, 11) is 0. The molecule has 0 unspecified atom stereocenters. The van der Waals surface area contributed by atoms with Crippen molar-refractivity contribution in [2.75, 3.05) is 0 Å². The SMILES string of the molecule is CC.CC.CC.CC.CC.CC(=O)C(C)C.CC(C)=O.CCCC(C)=O.Cc1cncc(Cl)c1.Cc1cncc(Cl)c1. The van der Waals surface area contributed by atoms with Crippen LogP contribution in [0.3, 0.4) is 0 Å². The predicted octanol–water partition coefficient (Wildman–Crippen LogP) is 12.4. The van der Waals surface area contributed by atoms with Gasteiger partial charge in [-0.2, -0.15) is 0 Å².